The molecule has 0 fully saturated rings. The van der Waals surface area contributed by atoms with Gasteiger partial charge in [-0.25, -0.2) is 4.98 Å². The second-order valence-corrected chi connectivity index (χ2v) is 6.90. The van der Waals surface area contributed by atoms with Crippen molar-refractivity contribution < 1.29 is 0 Å². The van der Waals surface area contributed by atoms with Gasteiger partial charge in [0, 0.05) is 46.7 Å². The fraction of sp³-hybridized carbons (Fsp3) is 0.0909. The number of hydrogen-bond acceptors (Lipinski definition) is 4. The first-order valence-corrected chi connectivity index (χ1v) is 9.22. The van der Waals surface area contributed by atoms with Gasteiger partial charge in [-0.2, -0.15) is 4.98 Å². The normalized spacial score (nSPS) is 11.2. The van der Waals surface area contributed by atoms with Gasteiger partial charge in [0.15, 0.2) is 0 Å². The Labute approximate surface area is 162 Å². The van der Waals surface area contributed by atoms with E-state index < -0.39 is 0 Å². The number of aromatic amines is 2. The van der Waals surface area contributed by atoms with E-state index in [-0.39, 0.29) is 0 Å². The Morgan fingerprint density at radius 2 is 1.89 bits per heavy atom. The predicted molar refractivity (Wildman–Crippen MR) is 114 cm³/mol. The minimum Gasteiger partial charge on any atom is -0.361 e. The molecule has 0 amide bonds. The maximum atomic E-state index is 4.57. The van der Waals surface area contributed by atoms with Crippen molar-refractivity contribution in [3.05, 3.63) is 78.2 Å². The molecule has 5 rings (SSSR count). The van der Waals surface area contributed by atoms with E-state index in [4.69, 9.17) is 0 Å². The first-order valence-electron chi connectivity index (χ1n) is 9.22. The van der Waals surface area contributed by atoms with Gasteiger partial charge in [0.25, 0.3) is 0 Å². The highest BCUT2D eigenvalue weighted by molar-refractivity contribution is 5.84. The number of anilines is 3. The van der Waals surface area contributed by atoms with Crippen LogP contribution in [0, 0.1) is 6.92 Å². The molecule has 0 radical (unpaired) electrons. The molecule has 0 aliphatic heterocycles. The first-order chi connectivity index (χ1) is 13.7. The number of aryl methyl sites for hydroxylation is 1. The van der Waals surface area contributed by atoms with Crippen LogP contribution in [-0.4, -0.2) is 19.9 Å². The summed E-state index contributed by atoms with van der Waals surface area (Å²) in [5, 5.41) is 9.04. The SMILES string of the molecule is Cc1cc2cc(Nc3ccnc(NCc4ccc5cc[nH]c5c4)n3)ccc2[nH]1. The molecule has 0 spiro atoms. The van der Waals surface area contributed by atoms with Crippen molar-refractivity contribution in [1.29, 1.82) is 0 Å². The number of rotatable bonds is 5. The minimum absolute atomic E-state index is 0.593. The summed E-state index contributed by atoms with van der Waals surface area (Å²) >= 11 is 0. The van der Waals surface area contributed by atoms with E-state index in [0.717, 1.165) is 28.2 Å². The van der Waals surface area contributed by atoms with Crippen LogP contribution in [0.4, 0.5) is 17.5 Å². The fourth-order valence-electron chi connectivity index (χ4n) is 3.40. The summed E-state index contributed by atoms with van der Waals surface area (Å²) in [6.07, 6.45) is 3.71. The topological polar surface area (TPSA) is 81.4 Å². The monoisotopic (exact) mass is 368 g/mol. The lowest BCUT2D eigenvalue weighted by molar-refractivity contribution is 1.06. The summed E-state index contributed by atoms with van der Waals surface area (Å²) in [5.74, 6) is 1.35. The van der Waals surface area contributed by atoms with E-state index in [1.807, 2.05) is 18.3 Å². The summed E-state index contributed by atoms with van der Waals surface area (Å²) in [4.78, 5) is 15.5. The maximum Gasteiger partial charge on any atom is 0.224 e. The fourth-order valence-corrected chi connectivity index (χ4v) is 3.40. The average molecular weight is 368 g/mol. The molecule has 6 heteroatoms. The molecule has 2 aromatic carbocycles. The molecule has 28 heavy (non-hydrogen) atoms. The van der Waals surface area contributed by atoms with Crippen molar-refractivity contribution in [3.63, 3.8) is 0 Å². The van der Waals surface area contributed by atoms with Crippen LogP contribution in [-0.2, 0) is 6.54 Å². The van der Waals surface area contributed by atoms with Gasteiger partial charge in [0.05, 0.1) is 0 Å². The van der Waals surface area contributed by atoms with Crippen molar-refractivity contribution in [1.82, 2.24) is 19.9 Å². The van der Waals surface area contributed by atoms with E-state index >= 15 is 0 Å². The van der Waals surface area contributed by atoms with Gasteiger partial charge in [0.1, 0.15) is 5.82 Å². The third-order valence-corrected chi connectivity index (χ3v) is 4.75. The molecule has 0 saturated carbocycles. The Hall–Kier alpha value is -3.80. The number of H-pyrrole nitrogens is 2. The van der Waals surface area contributed by atoms with E-state index in [9.17, 15) is 0 Å². The zero-order valence-corrected chi connectivity index (χ0v) is 15.5. The minimum atomic E-state index is 0.593. The Bertz CT molecular complexity index is 1270. The quantitative estimate of drug-likeness (QED) is 0.348. The van der Waals surface area contributed by atoms with Gasteiger partial charge < -0.3 is 20.6 Å². The van der Waals surface area contributed by atoms with Crippen LogP contribution in [0.15, 0.2) is 67.0 Å². The lowest BCUT2D eigenvalue weighted by Crippen LogP contribution is -2.05. The van der Waals surface area contributed by atoms with E-state index in [2.05, 4.69) is 80.0 Å². The number of aromatic nitrogens is 4. The third-order valence-electron chi connectivity index (χ3n) is 4.75. The molecule has 0 atom stereocenters. The van der Waals surface area contributed by atoms with Crippen LogP contribution < -0.4 is 10.6 Å². The van der Waals surface area contributed by atoms with Gasteiger partial charge >= 0.3 is 0 Å². The molecule has 3 heterocycles. The standard InChI is InChI=1S/C22H20N6/c1-14-10-17-12-18(4-5-19(17)26-14)27-21-7-9-24-22(28-21)25-13-15-2-3-16-6-8-23-20(16)11-15/h2-12,23,26H,13H2,1H3,(H2,24,25,27,28). The van der Waals surface area contributed by atoms with Gasteiger partial charge in [-0.15, -0.1) is 0 Å². The van der Waals surface area contributed by atoms with E-state index in [1.54, 1.807) is 6.20 Å². The van der Waals surface area contributed by atoms with Gasteiger partial charge in [-0.1, -0.05) is 12.1 Å². The molecule has 3 aromatic heterocycles. The highest BCUT2D eigenvalue weighted by Gasteiger charge is 2.04. The lowest BCUT2D eigenvalue weighted by Gasteiger charge is -2.09. The Morgan fingerprint density at radius 1 is 0.929 bits per heavy atom. The first kappa shape index (κ1) is 16.4. The summed E-state index contributed by atoms with van der Waals surface area (Å²) < 4.78 is 0. The Balaban J connectivity index is 1.30. The molecule has 4 N–H and O–H groups in total. The van der Waals surface area contributed by atoms with Gasteiger partial charge in [0.2, 0.25) is 5.95 Å². The second kappa shape index (κ2) is 6.74. The summed E-state index contributed by atoms with van der Waals surface area (Å²) in [5.41, 5.74) is 5.58. The molecule has 0 saturated heterocycles. The third kappa shape index (κ3) is 3.27. The second-order valence-electron chi connectivity index (χ2n) is 6.90. The van der Waals surface area contributed by atoms with Gasteiger partial charge in [-0.3, -0.25) is 0 Å². The Kier molecular flexibility index (Phi) is 3.94. The van der Waals surface area contributed by atoms with E-state index in [1.165, 1.54) is 16.3 Å². The predicted octanol–water partition coefficient (Wildman–Crippen LogP) is 5.10. The van der Waals surface area contributed by atoms with Crippen LogP contribution in [0.5, 0.6) is 0 Å². The molecular weight excluding hydrogens is 348 g/mol. The zero-order chi connectivity index (χ0) is 18.9. The van der Waals surface area contributed by atoms with Crippen LogP contribution in [0.2, 0.25) is 0 Å². The summed E-state index contributed by atoms with van der Waals surface area (Å²) in [6.45, 7) is 2.72. The smallest absolute Gasteiger partial charge is 0.224 e. The Morgan fingerprint density at radius 3 is 2.86 bits per heavy atom. The van der Waals surface area contributed by atoms with Crippen molar-refractivity contribution in [2.24, 2.45) is 0 Å². The van der Waals surface area contributed by atoms with Crippen molar-refractivity contribution in [2.45, 2.75) is 13.5 Å². The number of fused-ring (bicyclic) bond motifs is 2. The number of nitrogens with one attached hydrogen (secondary N) is 4. The summed E-state index contributed by atoms with van der Waals surface area (Å²) in [6, 6.07) is 18.6. The molecular formula is C22H20N6. The molecule has 0 bridgehead atoms. The number of nitrogens with zero attached hydrogens (tertiary/aromatic N) is 2. The van der Waals surface area contributed by atoms with Crippen LogP contribution in [0.25, 0.3) is 21.8 Å². The molecule has 0 aliphatic carbocycles. The summed E-state index contributed by atoms with van der Waals surface area (Å²) in [7, 11) is 0. The molecule has 6 nitrogen and oxygen atoms in total. The largest absolute Gasteiger partial charge is 0.361 e. The highest BCUT2D eigenvalue weighted by atomic mass is 15.1. The molecule has 138 valence electrons. The number of benzene rings is 2. The maximum absolute atomic E-state index is 4.57. The zero-order valence-electron chi connectivity index (χ0n) is 15.5. The lowest BCUT2D eigenvalue weighted by atomic mass is 10.1. The highest BCUT2D eigenvalue weighted by Crippen LogP contribution is 2.22. The van der Waals surface area contributed by atoms with Crippen LogP contribution in [0.1, 0.15) is 11.3 Å². The molecule has 5 aromatic rings. The molecule has 0 aliphatic rings. The number of hydrogen-bond donors (Lipinski definition) is 4. The van der Waals surface area contributed by atoms with Crippen molar-refractivity contribution >= 4 is 39.3 Å². The van der Waals surface area contributed by atoms with Crippen molar-refractivity contribution in [2.75, 3.05) is 10.6 Å². The van der Waals surface area contributed by atoms with Crippen molar-refractivity contribution in [3.8, 4) is 0 Å². The van der Waals surface area contributed by atoms with Crippen LogP contribution in [0.3, 0.4) is 0 Å². The van der Waals surface area contributed by atoms with Crippen LogP contribution >= 0.6 is 0 Å². The average Bonchev–Trinajstić information content (AvgIpc) is 3.31. The van der Waals surface area contributed by atoms with Gasteiger partial charge in [-0.05, 0) is 60.3 Å². The molecule has 0 unspecified atom stereocenters. The van der Waals surface area contributed by atoms with E-state index in [0.29, 0.717) is 12.5 Å².